The number of hydrogen-bond donors (Lipinski definition) is 1. The van der Waals surface area contributed by atoms with Gasteiger partial charge in [-0.25, -0.2) is 0 Å². The summed E-state index contributed by atoms with van der Waals surface area (Å²) < 4.78 is 0. The molecular weight excluding hydrogens is 256 g/mol. The minimum absolute atomic E-state index is 0.775. The zero-order valence-electron chi connectivity index (χ0n) is 14.4. The molecule has 0 aromatic carbocycles. The van der Waals surface area contributed by atoms with E-state index in [0.717, 1.165) is 29.8 Å². The van der Waals surface area contributed by atoms with Crippen molar-refractivity contribution in [1.29, 1.82) is 0 Å². The minimum Gasteiger partial charge on any atom is -0.314 e. The SMILES string of the molecule is CCNC1CCC(C)CC1CN1CCC2(CCCC2)CC1. The van der Waals surface area contributed by atoms with Crippen molar-refractivity contribution in [3.63, 3.8) is 0 Å². The van der Waals surface area contributed by atoms with Gasteiger partial charge in [-0.3, -0.25) is 0 Å². The van der Waals surface area contributed by atoms with E-state index >= 15 is 0 Å². The number of piperidine rings is 1. The van der Waals surface area contributed by atoms with Gasteiger partial charge in [-0.15, -0.1) is 0 Å². The summed E-state index contributed by atoms with van der Waals surface area (Å²) >= 11 is 0. The highest BCUT2D eigenvalue weighted by molar-refractivity contribution is 4.92. The van der Waals surface area contributed by atoms with Gasteiger partial charge in [0, 0.05) is 12.6 Å². The van der Waals surface area contributed by atoms with Crippen LogP contribution in [0.4, 0.5) is 0 Å². The van der Waals surface area contributed by atoms with E-state index in [1.165, 1.54) is 77.4 Å². The number of rotatable bonds is 4. The molecule has 3 rings (SSSR count). The molecule has 2 saturated carbocycles. The molecule has 0 amide bonds. The third-order valence-electron chi connectivity index (χ3n) is 6.78. The molecular formula is C19H36N2. The van der Waals surface area contributed by atoms with Crippen molar-refractivity contribution in [1.82, 2.24) is 10.2 Å². The molecule has 2 aliphatic carbocycles. The fourth-order valence-electron chi connectivity index (χ4n) is 5.40. The quantitative estimate of drug-likeness (QED) is 0.840. The van der Waals surface area contributed by atoms with Crippen LogP contribution in [-0.4, -0.2) is 37.1 Å². The van der Waals surface area contributed by atoms with E-state index in [1.807, 2.05) is 0 Å². The lowest BCUT2D eigenvalue weighted by Gasteiger charge is -2.43. The third kappa shape index (κ3) is 3.82. The summed E-state index contributed by atoms with van der Waals surface area (Å²) in [6.07, 6.45) is 13.3. The topological polar surface area (TPSA) is 15.3 Å². The molecule has 3 fully saturated rings. The van der Waals surface area contributed by atoms with E-state index in [-0.39, 0.29) is 0 Å². The Balaban J connectivity index is 1.50. The van der Waals surface area contributed by atoms with Crippen LogP contribution in [0.25, 0.3) is 0 Å². The van der Waals surface area contributed by atoms with E-state index in [2.05, 4.69) is 24.1 Å². The van der Waals surface area contributed by atoms with Crippen molar-refractivity contribution in [2.45, 2.75) is 77.7 Å². The lowest BCUT2D eigenvalue weighted by molar-refractivity contribution is 0.0753. The Morgan fingerprint density at radius 3 is 2.43 bits per heavy atom. The molecule has 0 radical (unpaired) electrons. The Hall–Kier alpha value is -0.0800. The minimum atomic E-state index is 0.775. The van der Waals surface area contributed by atoms with Gasteiger partial charge in [0.15, 0.2) is 0 Å². The van der Waals surface area contributed by atoms with Gasteiger partial charge in [0.05, 0.1) is 0 Å². The summed E-state index contributed by atoms with van der Waals surface area (Å²) in [5, 5.41) is 3.77. The van der Waals surface area contributed by atoms with Gasteiger partial charge in [-0.1, -0.05) is 26.7 Å². The first-order valence-corrected chi connectivity index (χ1v) is 9.66. The van der Waals surface area contributed by atoms with E-state index in [9.17, 15) is 0 Å². The molecule has 0 aromatic rings. The predicted molar refractivity (Wildman–Crippen MR) is 90.5 cm³/mol. The highest BCUT2D eigenvalue weighted by atomic mass is 15.1. The first-order chi connectivity index (χ1) is 10.2. The van der Waals surface area contributed by atoms with Gasteiger partial charge in [0.1, 0.15) is 0 Å². The lowest BCUT2D eigenvalue weighted by atomic mass is 9.75. The molecule has 0 aromatic heterocycles. The Bertz CT molecular complexity index is 312. The number of nitrogens with one attached hydrogen (secondary N) is 1. The Kier molecular flexibility index (Phi) is 5.27. The Labute approximate surface area is 132 Å². The first-order valence-electron chi connectivity index (χ1n) is 9.66. The maximum Gasteiger partial charge on any atom is 0.0108 e. The van der Waals surface area contributed by atoms with Gasteiger partial charge in [0.25, 0.3) is 0 Å². The van der Waals surface area contributed by atoms with E-state index in [1.54, 1.807) is 0 Å². The van der Waals surface area contributed by atoms with Crippen LogP contribution in [0.1, 0.15) is 71.6 Å². The Morgan fingerprint density at radius 1 is 1.05 bits per heavy atom. The third-order valence-corrected chi connectivity index (χ3v) is 6.78. The fraction of sp³-hybridized carbons (Fsp3) is 1.00. The molecule has 21 heavy (non-hydrogen) atoms. The summed E-state index contributed by atoms with van der Waals surface area (Å²) in [4.78, 5) is 2.80. The molecule has 2 heteroatoms. The second kappa shape index (κ2) is 7.00. The average molecular weight is 293 g/mol. The molecule has 1 N–H and O–H groups in total. The van der Waals surface area contributed by atoms with Crippen LogP contribution in [0.2, 0.25) is 0 Å². The predicted octanol–water partition coefficient (Wildman–Crippen LogP) is 4.06. The van der Waals surface area contributed by atoms with E-state index in [4.69, 9.17) is 0 Å². The Morgan fingerprint density at radius 2 is 1.76 bits per heavy atom. The summed E-state index contributed by atoms with van der Waals surface area (Å²) in [6, 6.07) is 0.786. The van der Waals surface area contributed by atoms with Crippen molar-refractivity contribution in [2.75, 3.05) is 26.2 Å². The maximum atomic E-state index is 3.77. The molecule has 122 valence electrons. The zero-order chi connectivity index (χ0) is 14.7. The largest absolute Gasteiger partial charge is 0.314 e. The fourth-order valence-corrected chi connectivity index (χ4v) is 5.40. The molecule has 2 nitrogen and oxygen atoms in total. The maximum absolute atomic E-state index is 3.77. The number of hydrogen-bond acceptors (Lipinski definition) is 2. The lowest BCUT2D eigenvalue weighted by Crippen LogP contribution is -2.48. The normalized spacial score (nSPS) is 37.1. The van der Waals surface area contributed by atoms with Crippen molar-refractivity contribution in [2.24, 2.45) is 17.3 Å². The summed E-state index contributed by atoms with van der Waals surface area (Å²) in [5.41, 5.74) is 0.775. The molecule has 0 bridgehead atoms. The molecule has 1 spiro atoms. The molecule has 3 aliphatic rings. The average Bonchev–Trinajstić information content (AvgIpc) is 2.93. The van der Waals surface area contributed by atoms with E-state index in [0.29, 0.717) is 0 Å². The summed E-state index contributed by atoms with van der Waals surface area (Å²) in [5.74, 6) is 1.84. The van der Waals surface area contributed by atoms with Gasteiger partial charge >= 0.3 is 0 Å². The highest BCUT2D eigenvalue weighted by Gasteiger charge is 2.38. The van der Waals surface area contributed by atoms with Crippen molar-refractivity contribution in [3.8, 4) is 0 Å². The van der Waals surface area contributed by atoms with Gasteiger partial charge < -0.3 is 10.2 Å². The highest BCUT2D eigenvalue weighted by Crippen LogP contribution is 2.46. The molecule has 1 heterocycles. The zero-order valence-corrected chi connectivity index (χ0v) is 14.4. The van der Waals surface area contributed by atoms with Gasteiger partial charge in [-0.2, -0.15) is 0 Å². The van der Waals surface area contributed by atoms with Crippen LogP contribution in [0.15, 0.2) is 0 Å². The van der Waals surface area contributed by atoms with Crippen molar-refractivity contribution < 1.29 is 0 Å². The summed E-state index contributed by atoms with van der Waals surface area (Å²) in [7, 11) is 0. The number of nitrogens with zero attached hydrogens (tertiary/aromatic N) is 1. The van der Waals surface area contributed by atoms with Crippen LogP contribution in [0.5, 0.6) is 0 Å². The summed E-state index contributed by atoms with van der Waals surface area (Å²) in [6.45, 7) is 9.98. The van der Waals surface area contributed by atoms with E-state index < -0.39 is 0 Å². The standard InChI is InChI=1S/C19H36N2/c1-3-20-18-7-6-16(2)14-17(18)15-21-12-10-19(11-13-21)8-4-5-9-19/h16-18,20H,3-15H2,1-2H3. The molecule has 3 atom stereocenters. The van der Waals surface area contributed by atoms with Crippen LogP contribution in [-0.2, 0) is 0 Å². The smallest absolute Gasteiger partial charge is 0.0108 e. The van der Waals surface area contributed by atoms with Crippen molar-refractivity contribution >= 4 is 0 Å². The molecule has 1 saturated heterocycles. The van der Waals surface area contributed by atoms with Gasteiger partial charge in [-0.05, 0) is 81.8 Å². The van der Waals surface area contributed by atoms with Gasteiger partial charge in [0.2, 0.25) is 0 Å². The monoisotopic (exact) mass is 292 g/mol. The molecule has 3 unspecified atom stereocenters. The van der Waals surface area contributed by atoms with Crippen LogP contribution < -0.4 is 5.32 Å². The van der Waals surface area contributed by atoms with Crippen LogP contribution >= 0.6 is 0 Å². The first kappa shape index (κ1) is 15.8. The van der Waals surface area contributed by atoms with Crippen LogP contribution in [0, 0.1) is 17.3 Å². The number of likely N-dealkylation sites (tertiary alicyclic amines) is 1. The van der Waals surface area contributed by atoms with Crippen LogP contribution in [0.3, 0.4) is 0 Å². The second-order valence-corrected chi connectivity index (χ2v) is 8.35. The second-order valence-electron chi connectivity index (χ2n) is 8.35. The molecule has 1 aliphatic heterocycles. The van der Waals surface area contributed by atoms with Crippen molar-refractivity contribution in [3.05, 3.63) is 0 Å².